The Kier molecular flexibility index (Phi) is 5.91. The highest BCUT2D eigenvalue weighted by atomic mass is 15.3. The Morgan fingerprint density at radius 3 is 2.00 bits per heavy atom. The van der Waals surface area contributed by atoms with E-state index >= 15 is 0 Å². The van der Waals surface area contributed by atoms with Crippen LogP contribution in [0.15, 0.2) is 145 Å². The number of anilines is 4. The van der Waals surface area contributed by atoms with Crippen LogP contribution in [-0.2, 0) is 0 Å². The molecule has 0 atom stereocenters. The van der Waals surface area contributed by atoms with Crippen LogP contribution >= 0.6 is 0 Å². The van der Waals surface area contributed by atoms with Crippen LogP contribution in [0.3, 0.4) is 0 Å². The van der Waals surface area contributed by atoms with Crippen LogP contribution in [0.2, 0.25) is 0 Å². The van der Waals surface area contributed by atoms with E-state index in [2.05, 4.69) is 107 Å². The molecule has 4 nitrogen and oxygen atoms in total. The minimum absolute atomic E-state index is 0.378. The predicted molar refractivity (Wildman–Crippen MR) is 169 cm³/mol. The van der Waals surface area contributed by atoms with Crippen molar-refractivity contribution in [2.24, 2.45) is 5.10 Å². The second kappa shape index (κ2) is 10.0. The number of hydrogen-bond donors (Lipinski definition) is 2. The molecular weight excluding hydrogens is 488 g/mol. The van der Waals surface area contributed by atoms with Crippen LogP contribution in [0, 0.1) is 5.41 Å². The lowest BCUT2D eigenvalue weighted by Crippen LogP contribution is -2.19. The standard InChI is InChI=1S/C36H26N4/c37-34-22-19-27-16-15-26-18-21-32(24-33(26)35(27)36(34)39-38-29-11-3-1-4-12-29)40(30-13-5-2-6-14-30)31-20-17-25-9-7-8-10-28(25)23-31/h1-24,37-38H/b37-34?,39-36+. The number of allylic oxidation sites excluding steroid dienone is 1. The summed E-state index contributed by atoms with van der Waals surface area (Å²) in [5, 5.41) is 18.0. The molecule has 40 heavy (non-hydrogen) atoms. The minimum atomic E-state index is 0.378. The molecule has 0 aliphatic heterocycles. The summed E-state index contributed by atoms with van der Waals surface area (Å²) in [4.78, 5) is 2.29. The van der Waals surface area contributed by atoms with Crippen molar-refractivity contribution in [3.05, 3.63) is 151 Å². The molecule has 0 aromatic heterocycles. The first-order chi connectivity index (χ1) is 19.7. The fourth-order valence-corrected chi connectivity index (χ4v) is 5.34. The number of rotatable bonds is 5. The molecule has 190 valence electrons. The van der Waals surface area contributed by atoms with Gasteiger partial charge in [0.05, 0.1) is 11.4 Å². The van der Waals surface area contributed by atoms with Crippen molar-refractivity contribution >= 4 is 61.8 Å². The SMILES string of the molecule is N=C1C=Cc2ccc3ccc(N(c4ccccc4)c4ccc5ccccc5c4)cc3c2/C1=N/Nc1ccccc1. The number of nitrogens with zero attached hydrogens (tertiary/aromatic N) is 2. The summed E-state index contributed by atoms with van der Waals surface area (Å²) in [5.41, 5.74) is 10.3. The lowest BCUT2D eigenvalue weighted by molar-refractivity contribution is 1.29. The topological polar surface area (TPSA) is 51.5 Å². The van der Waals surface area contributed by atoms with Gasteiger partial charge in [0, 0.05) is 22.6 Å². The highest BCUT2D eigenvalue weighted by molar-refractivity contribution is 6.55. The molecule has 1 aliphatic rings. The Balaban J connectivity index is 1.41. The van der Waals surface area contributed by atoms with Gasteiger partial charge in [-0.2, -0.15) is 5.10 Å². The van der Waals surface area contributed by atoms with Gasteiger partial charge in [-0.05, 0) is 81.7 Å². The second-order valence-corrected chi connectivity index (χ2v) is 9.82. The summed E-state index contributed by atoms with van der Waals surface area (Å²) in [6.45, 7) is 0. The van der Waals surface area contributed by atoms with Gasteiger partial charge >= 0.3 is 0 Å². The van der Waals surface area contributed by atoms with E-state index in [9.17, 15) is 0 Å². The molecule has 0 unspecified atom stereocenters. The average Bonchev–Trinajstić information content (AvgIpc) is 3.01. The van der Waals surface area contributed by atoms with E-state index in [0.717, 1.165) is 44.6 Å². The van der Waals surface area contributed by atoms with Gasteiger partial charge in [-0.3, -0.25) is 10.8 Å². The molecule has 6 aromatic carbocycles. The summed E-state index contributed by atoms with van der Waals surface area (Å²) in [6.07, 6.45) is 3.82. The molecular formula is C36H26N4. The van der Waals surface area contributed by atoms with Crippen molar-refractivity contribution in [2.45, 2.75) is 0 Å². The molecule has 4 heteroatoms. The number of hydrogen-bond acceptors (Lipinski definition) is 4. The van der Waals surface area contributed by atoms with Gasteiger partial charge in [0.15, 0.2) is 0 Å². The lowest BCUT2D eigenvalue weighted by Gasteiger charge is -2.27. The third-order valence-electron chi connectivity index (χ3n) is 7.29. The maximum absolute atomic E-state index is 8.73. The molecule has 0 saturated heterocycles. The Hall–Kier alpha value is -5.48. The fourth-order valence-electron chi connectivity index (χ4n) is 5.34. The number of hydrazone groups is 1. The molecule has 0 heterocycles. The largest absolute Gasteiger partial charge is 0.310 e. The number of para-hydroxylation sites is 2. The van der Waals surface area contributed by atoms with E-state index in [1.54, 1.807) is 0 Å². The average molecular weight is 515 g/mol. The third kappa shape index (κ3) is 4.32. The molecule has 2 N–H and O–H groups in total. The van der Waals surface area contributed by atoms with Crippen molar-refractivity contribution in [1.82, 2.24) is 0 Å². The van der Waals surface area contributed by atoms with E-state index in [0.29, 0.717) is 11.4 Å². The van der Waals surface area contributed by atoms with Crippen molar-refractivity contribution in [1.29, 1.82) is 5.41 Å². The molecule has 0 bridgehead atoms. The van der Waals surface area contributed by atoms with Gasteiger partial charge in [0.2, 0.25) is 0 Å². The molecule has 7 rings (SSSR count). The highest BCUT2D eigenvalue weighted by Crippen LogP contribution is 2.39. The zero-order chi connectivity index (χ0) is 26.9. The van der Waals surface area contributed by atoms with Crippen molar-refractivity contribution in [2.75, 3.05) is 10.3 Å². The number of benzene rings is 6. The maximum Gasteiger partial charge on any atom is 0.117 e. The van der Waals surface area contributed by atoms with Crippen LogP contribution in [0.4, 0.5) is 22.7 Å². The van der Waals surface area contributed by atoms with Gasteiger partial charge in [-0.15, -0.1) is 0 Å². The normalized spacial score (nSPS) is 13.5. The molecule has 0 radical (unpaired) electrons. The summed E-state index contributed by atoms with van der Waals surface area (Å²) in [5.74, 6) is 0. The monoisotopic (exact) mass is 514 g/mol. The van der Waals surface area contributed by atoms with E-state index in [1.807, 2.05) is 48.6 Å². The zero-order valence-corrected chi connectivity index (χ0v) is 21.8. The second-order valence-electron chi connectivity index (χ2n) is 9.82. The fraction of sp³-hybridized carbons (Fsp3) is 0. The number of fused-ring (bicyclic) bond motifs is 4. The van der Waals surface area contributed by atoms with Crippen LogP contribution in [0.25, 0.3) is 27.6 Å². The van der Waals surface area contributed by atoms with Crippen LogP contribution in [-0.4, -0.2) is 11.4 Å². The zero-order valence-electron chi connectivity index (χ0n) is 21.8. The van der Waals surface area contributed by atoms with E-state index in [4.69, 9.17) is 10.5 Å². The molecule has 6 aromatic rings. The van der Waals surface area contributed by atoms with Gasteiger partial charge in [0.25, 0.3) is 0 Å². The van der Waals surface area contributed by atoms with Crippen molar-refractivity contribution in [3.63, 3.8) is 0 Å². The van der Waals surface area contributed by atoms with Crippen molar-refractivity contribution in [3.8, 4) is 0 Å². The molecule has 0 spiro atoms. The van der Waals surface area contributed by atoms with Gasteiger partial charge in [-0.25, -0.2) is 0 Å². The van der Waals surface area contributed by atoms with Crippen LogP contribution in [0.5, 0.6) is 0 Å². The molecule has 0 amide bonds. The quantitative estimate of drug-likeness (QED) is 0.225. The molecule has 0 saturated carbocycles. The van der Waals surface area contributed by atoms with Gasteiger partial charge in [-0.1, -0.05) is 91.0 Å². The van der Waals surface area contributed by atoms with Crippen LogP contribution in [0.1, 0.15) is 11.1 Å². The summed E-state index contributed by atoms with van der Waals surface area (Å²) in [6, 6.07) is 46.1. The van der Waals surface area contributed by atoms with E-state index in [1.165, 1.54) is 10.8 Å². The summed E-state index contributed by atoms with van der Waals surface area (Å²) >= 11 is 0. The van der Waals surface area contributed by atoms with E-state index < -0.39 is 0 Å². The first kappa shape index (κ1) is 23.6. The smallest absolute Gasteiger partial charge is 0.117 e. The van der Waals surface area contributed by atoms with Crippen molar-refractivity contribution < 1.29 is 0 Å². The molecule has 0 fully saturated rings. The Morgan fingerprint density at radius 1 is 0.550 bits per heavy atom. The maximum atomic E-state index is 8.73. The Bertz CT molecular complexity index is 1940. The van der Waals surface area contributed by atoms with Crippen LogP contribution < -0.4 is 10.3 Å². The Morgan fingerprint density at radius 2 is 1.20 bits per heavy atom. The third-order valence-corrected chi connectivity index (χ3v) is 7.29. The van der Waals surface area contributed by atoms with E-state index in [-0.39, 0.29) is 0 Å². The highest BCUT2D eigenvalue weighted by Gasteiger charge is 2.21. The summed E-state index contributed by atoms with van der Waals surface area (Å²) in [7, 11) is 0. The first-order valence-electron chi connectivity index (χ1n) is 13.3. The Labute approximate surface area is 233 Å². The minimum Gasteiger partial charge on any atom is -0.310 e. The molecule has 1 aliphatic carbocycles. The lowest BCUT2D eigenvalue weighted by atomic mass is 9.89. The predicted octanol–water partition coefficient (Wildman–Crippen LogP) is 9.33. The number of nitrogens with one attached hydrogen (secondary N) is 2. The first-order valence-corrected chi connectivity index (χ1v) is 13.3. The van der Waals surface area contributed by atoms with Gasteiger partial charge < -0.3 is 4.90 Å². The van der Waals surface area contributed by atoms with Gasteiger partial charge in [0.1, 0.15) is 5.71 Å². The summed E-state index contributed by atoms with van der Waals surface area (Å²) < 4.78 is 0.